The van der Waals surface area contributed by atoms with Crippen LogP contribution in [0.4, 0.5) is 4.39 Å². The summed E-state index contributed by atoms with van der Waals surface area (Å²) in [5.74, 6) is -1.04. The monoisotopic (exact) mass is 371 g/mol. The van der Waals surface area contributed by atoms with Gasteiger partial charge < -0.3 is 18.8 Å². The molecule has 8 heteroatoms. The lowest BCUT2D eigenvalue weighted by molar-refractivity contribution is -0.143. The van der Waals surface area contributed by atoms with Gasteiger partial charge in [-0.2, -0.15) is 0 Å². The second kappa shape index (κ2) is 8.61. The van der Waals surface area contributed by atoms with Crippen LogP contribution in [0.1, 0.15) is 26.3 Å². The van der Waals surface area contributed by atoms with Crippen LogP contribution in [-0.2, 0) is 29.6 Å². The summed E-state index contributed by atoms with van der Waals surface area (Å²) < 4.78 is 42.4. The number of aromatic amines is 1. The van der Waals surface area contributed by atoms with Gasteiger partial charge in [0.25, 0.3) is 0 Å². The molecule has 0 spiro atoms. The summed E-state index contributed by atoms with van der Waals surface area (Å²) in [5, 5.41) is 0.619. The number of H-pyrrole nitrogens is 1. The number of carbonyl (C=O) groups is 1. The molecule has 6 nitrogen and oxygen atoms in total. The maximum absolute atomic E-state index is 13.6. The molecule has 0 aliphatic heterocycles. The number of esters is 1. The molecule has 25 heavy (non-hydrogen) atoms. The van der Waals surface area contributed by atoms with Crippen molar-refractivity contribution in [2.75, 3.05) is 19.8 Å². The Kier molecular flexibility index (Phi) is 6.76. The van der Waals surface area contributed by atoms with E-state index in [1.807, 2.05) is 0 Å². The second-order valence-electron chi connectivity index (χ2n) is 5.35. The molecule has 138 valence electrons. The smallest absolute Gasteiger partial charge is 0.345 e. The molecule has 1 aromatic heterocycles. The third-order valence-corrected chi connectivity index (χ3v) is 6.09. The summed E-state index contributed by atoms with van der Waals surface area (Å²) in [6, 6.07) is 4.32. The largest absolute Gasteiger partial charge is 0.465 e. The summed E-state index contributed by atoms with van der Waals surface area (Å²) in [6.45, 7) is 5.44. The molecule has 1 N–H and O–H groups in total. The number of ether oxygens (including phenoxy) is 1. The van der Waals surface area contributed by atoms with Crippen LogP contribution in [-0.4, -0.2) is 36.4 Å². The zero-order valence-electron chi connectivity index (χ0n) is 14.6. The molecule has 1 heterocycles. The Morgan fingerprint density at radius 1 is 1.20 bits per heavy atom. The van der Waals surface area contributed by atoms with E-state index in [4.69, 9.17) is 13.8 Å². The summed E-state index contributed by atoms with van der Waals surface area (Å²) in [6.07, 6.45) is 1.72. The summed E-state index contributed by atoms with van der Waals surface area (Å²) in [5.41, 5.74) is 0.253. The van der Waals surface area contributed by atoms with Crippen molar-refractivity contribution in [3.8, 4) is 0 Å². The molecule has 0 saturated carbocycles. The van der Waals surface area contributed by atoms with Crippen LogP contribution in [0.15, 0.2) is 24.4 Å². The molecule has 0 aliphatic rings. The van der Waals surface area contributed by atoms with E-state index < -0.39 is 19.2 Å². The molecule has 2 aromatic rings. The van der Waals surface area contributed by atoms with Crippen molar-refractivity contribution < 1.29 is 27.5 Å². The predicted molar refractivity (Wildman–Crippen MR) is 93.2 cm³/mol. The highest BCUT2D eigenvalue weighted by molar-refractivity contribution is 7.55. The molecule has 2 rings (SSSR count). The number of hydrogen-bond acceptors (Lipinski definition) is 5. The average Bonchev–Trinajstić information content (AvgIpc) is 2.95. The van der Waals surface area contributed by atoms with Crippen molar-refractivity contribution in [2.45, 2.75) is 32.9 Å². The molecular weight excluding hydrogens is 348 g/mol. The normalized spacial score (nSPS) is 13.1. The van der Waals surface area contributed by atoms with Gasteiger partial charge in [-0.3, -0.25) is 9.36 Å². The quantitative estimate of drug-likeness (QED) is 0.532. The fourth-order valence-electron chi connectivity index (χ4n) is 2.67. The number of halogens is 1. The molecule has 1 unspecified atom stereocenters. The number of aromatic nitrogens is 1. The Hall–Kier alpha value is -1.69. The van der Waals surface area contributed by atoms with Crippen LogP contribution in [0, 0.1) is 5.82 Å². The van der Waals surface area contributed by atoms with E-state index >= 15 is 0 Å². The van der Waals surface area contributed by atoms with Gasteiger partial charge in [0.15, 0.2) is 5.66 Å². The van der Waals surface area contributed by atoms with Crippen molar-refractivity contribution in [1.82, 2.24) is 4.98 Å². The number of nitrogens with one attached hydrogen (secondary N) is 1. The van der Waals surface area contributed by atoms with Crippen LogP contribution < -0.4 is 0 Å². The first-order chi connectivity index (χ1) is 11.9. The topological polar surface area (TPSA) is 77.6 Å². The Balaban J connectivity index is 2.42. The fourth-order valence-corrected chi connectivity index (χ4v) is 4.57. The van der Waals surface area contributed by atoms with E-state index in [2.05, 4.69) is 4.98 Å². The Bertz CT molecular complexity index is 765. The number of fused-ring (bicyclic) bond motifs is 1. The van der Waals surface area contributed by atoms with Crippen LogP contribution in [0.2, 0.25) is 0 Å². The van der Waals surface area contributed by atoms with Gasteiger partial charge in [-0.15, -0.1) is 0 Å². The second-order valence-corrected chi connectivity index (χ2v) is 7.57. The summed E-state index contributed by atoms with van der Waals surface area (Å²) >= 11 is 0. The zero-order valence-corrected chi connectivity index (χ0v) is 15.5. The molecule has 0 fully saturated rings. The predicted octanol–water partition coefficient (Wildman–Crippen LogP) is 4.05. The Morgan fingerprint density at radius 3 is 2.48 bits per heavy atom. The van der Waals surface area contributed by atoms with E-state index in [0.717, 1.165) is 5.52 Å². The first-order valence-electron chi connectivity index (χ1n) is 8.26. The van der Waals surface area contributed by atoms with Gasteiger partial charge in [0.05, 0.1) is 19.8 Å². The maximum Gasteiger partial charge on any atom is 0.345 e. The molecule has 0 bridgehead atoms. The SMILES string of the molecule is CCOC(=O)C(Cc1c[nH]c2ccc(F)cc12)P(=O)(OCC)OCC. The van der Waals surface area contributed by atoms with Crippen molar-refractivity contribution >= 4 is 24.5 Å². The lowest BCUT2D eigenvalue weighted by atomic mass is 10.1. The van der Waals surface area contributed by atoms with Crippen LogP contribution in [0.25, 0.3) is 10.9 Å². The first kappa shape index (κ1) is 19.6. The van der Waals surface area contributed by atoms with Gasteiger partial charge in [0.1, 0.15) is 5.82 Å². The highest BCUT2D eigenvalue weighted by Gasteiger charge is 2.42. The number of hydrogen-bond donors (Lipinski definition) is 1. The third-order valence-electron chi connectivity index (χ3n) is 3.70. The average molecular weight is 371 g/mol. The van der Waals surface area contributed by atoms with Crippen LogP contribution >= 0.6 is 7.60 Å². The number of benzene rings is 1. The molecule has 1 aromatic carbocycles. The van der Waals surface area contributed by atoms with E-state index in [-0.39, 0.29) is 32.1 Å². The van der Waals surface area contributed by atoms with E-state index in [0.29, 0.717) is 10.9 Å². The van der Waals surface area contributed by atoms with Crippen molar-refractivity contribution in [1.29, 1.82) is 0 Å². The van der Waals surface area contributed by atoms with Crippen molar-refractivity contribution in [3.63, 3.8) is 0 Å². The lowest BCUT2D eigenvalue weighted by Crippen LogP contribution is -2.28. The van der Waals surface area contributed by atoms with E-state index in [1.165, 1.54) is 12.1 Å². The molecule has 0 radical (unpaired) electrons. The molecular formula is C17H23FNO5P. The highest BCUT2D eigenvalue weighted by atomic mass is 31.2. The standard InChI is InChI=1S/C17H23FNO5P/c1-4-22-17(20)16(25(21,23-5-2)24-6-3)9-12-11-19-15-8-7-13(18)10-14(12)15/h7-8,10-11,16,19H,4-6,9H2,1-3H3. The van der Waals surface area contributed by atoms with E-state index in [1.54, 1.807) is 33.0 Å². The lowest BCUT2D eigenvalue weighted by Gasteiger charge is -2.24. The van der Waals surface area contributed by atoms with Gasteiger partial charge in [-0.05, 0) is 51.0 Å². The molecule has 0 aliphatic carbocycles. The number of carbonyl (C=O) groups excluding carboxylic acids is 1. The van der Waals surface area contributed by atoms with Gasteiger partial charge in [-0.1, -0.05) is 0 Å². The molecule has 0 amide bonds. The van der Waals surface area contributed by atoms with Gasteiger partial charge in [-0.25, -0.2) is 4.39 Å². The third kappa shape index (κ3) is 4.48. The van der Waals surface area contributed by atoms with Gasteiger partial charge in [0, 0.05) is 17.1 Å². The van der Waals surface area contributed by atoms with Gasteiger partial charge in [0.2, 0.25) is 0 Å². The van der Waals surface area contributed by atoms with Crippen molar-refractivity contribution in [2.24, 2.45) is 0 Å². The molecule has 1 atom stereocenters. The van der Waals surface area contributed by atoms with Crippen molar-refractivity contribution in [3.05, 3.63) is 35.8 Å². The van der Waals surface area contributed by atoms with E-state index in [9.17, 15) is 13.8 Å². The number of rotatable bonds is 9. The van der Waals surface area contributed by atoms with Crippen LogP contribution in [0.3, 0.4) is 0 Å². The van der Waals surface area contributed by atoms with Crippen LogP contribution in [0.5, 0.6) is 0 Å². The summed E-state index contributed by atoms with van der Waals surface area (Å²) in [7, 11) is -3.73. The summed E-state index contributed by atoms with van der Waals surface area (Å²) in [4.78, 5) is 15.4. The Morgan fingerprint density at radius 2 is 1.88 bits per heavy atom. The highest BCUT2D eigenvalue weighted by Crippen LogP contribution is 2.54. The first-order valence-corrected chi connectivity index (χ1v) is 9.87. The van der Waals surface area contributed by atoms with Gasteiger partial charge >= 0.3 is 13.6 Å². The zero-order chi connectivity index (χ0) is 18.4. The minimum atomic E-state index is -3.73. The minimum Gasteiger partial charge on any atom is -0.465 e. The molecule has 0 saturated heterocycles. The fraction of sp³-hybridized carbons (Fsp3) is 0.471. The maximum atomic E-state index is 13.6. The Labute approximate surface area is 146 Å². The minimum absolute atomic E-state index is 0.0551.